The molecule has 114 valence electrons. The van der Waals surface area contributed by atoms with E-state index < -0.39 is 0 Å². The van der Waals surface area contributed by atoms with E-state index in [2.05, 4.69) is 60.4 Å². The van der Waals surface area contributed by atoms with Gasteiger partial charge in [0.25, 0.3) is 0 Å². The molecular formula is C16H24N4S. The summed E-state index contributed by atoms with van der Waals surface area (Å²) in [4.78, 5) is 11.2. The summed E-state index contributed by atoms with van der Waals surface area (Å²) in [6, 6.07) is 4.24. The van der Waals surface area contributed by atoms with Gasteiger partial charge < -0.3 is 10.2 Å². The van der Waals surface area contributed by atoms with Gasteiger partial charge in [-0.25, -0.2) is 9.97 Å². The van der Waals surface area contributed by atoms with Gasteiger partial charge in [-0.05, 0) is 39.3 Å². The van der Waals surface area contributed by atoms with E-state index in [1.807, 2.05) is 12.6 Å². The molecular weight excluding hydrogens is 280 g/mol. The molecule has 1 N–H and O–H groups in total. The minimum atomic E-state index is 0.118. The normalized spacial score (nSPS) is 11.7. The minimum absolute atomic E-state index is 0.118. The van der Waals surface area contributed by atoms with E-state index in [1.165, 1.54) is 5.56 Å². The first-order chi connectivity index (χ1) is 9.85. The van der Waals surface area contributed by atoms with Crippen LogP contribution in [-0.2, 0) is 13.1 Å². The van der Waals surface area contributed by atoms with Gasteiger partial charge in [0.1, 0.15) is 5.82 Å². The van der Waals surface area contributed by atoms with Crippen LogP contribution in [0.25, 0.3) is 0 Å². The fourth-order valence-corrected chi connectivity index (χ4v) is 2.53. The Morgan fingerprint density at radius 1 is 1.29 bits per heavy atom. The predicted molar refractivity (Wildman–Crippen MR) is 89.8 cm³/mol. The van der Waals surface area contributed by atoms with Crippen LogP contribution in [0.4, 0.5) is 5.82 Å². The molecule has 0 atom stereocenters. The molecule has 0 amide bonds. The third kappa shape index (κ3) is 4.79. The number of aryl methyl sites for hydroxylation is 1. The molecule has 0 aliphatic heterocycles. The second-order valence-corrected chi connectivity index (χ2v) is 7.07. The highest BCUT2D eigenvalue weighted by Crippen LogP contribution is 2.16. The lowest BCUT2D eigenvalue weighted by molar-refractivity contribution is 0.423. The van der Waals surface area contributed by atoms with Gasteiger partial charge in [0.2, 0.25) is 0 Å². The summed E-state index contributed by atoms with van der Waals surface area (Å²) in [7, 11) is 2.05. The number of nitrogens with zero attached hydrogens (tertiary/aromatic N) is 3. The highest BCUT2D eigenvalue weighted by Gasteiger charge is 2.11. The standard InChI is InChI=1S/C16H24N4S/c1-12-13(8-18-16(2,3)4)6-7-15(19-12)20(5)9-14-10-21-11-17-14/h6-7,10-11,18H,8-9H2,1-5H3. The molecule has 0 fully saturated rings. The molecule has 0 saturated heterocycles. The lowest BCUT2D eigenvalue weighted by Gasteiger charge is -2.22. The summed E-state index contributed by atoms with van der Waals surface area (Å²) >= 11 is 1.62. The van der Waals surface area contributed by atoms with Crippen molar-refractivity contribution >= 4 is 17.2 Å². The molecule has 0 aromatic carbocycles. The number of rotatable bonds is 5. The highest BCUT2D eigenvalue weighted by molar-refractivity contribution is 7.07. The van der Waals surface area contributed by atoms with Crippen LogP contribution in [0.2, 0.25) is 0 Å². The fourth-order valence-electron chi connectivity index (χ4n) is 1.98. The zero-order valence-corrected chi connectivity index (χ0v) is 14.3. The zero-order valence-electron chi connectivity index (χ0n) is 13.5. The average Bonchev–Trinajstić information content (AvgIpc) is 2.89. The maximum absolute atomic E-state index is 4.72. The summed E-state index contributed by atoms with van der Waals surface area (Å²) in [5, 5.41) is 5.58. The lowest BCUT2D eigenvalue weighted by Crippen LogP contribution is -2.35. The van der Waals surface area contributed by atoms with Gasteiger partial charge in [-0.3, -0.25) is 0 Å². The monoisotopic (exact) mass is 304 g/mol. The third-order valence-corrected chi connectivity index (χ3v) is 3.90. The summed E-state index contributed by atoms with van der Waals surface area (Å²) in [5.74, 6) is 0.986. The Hall–Kier alpha value is -1.46. The summed E-state index contributed by atoms with van der Waals surface area (Å²) in [6.07, 6.45) is 0. The largest absolute Gasteiger partial charge is 0.354 e. The van der Waals surface area contributed by atoms with Gasteiger partial charge in [0, 0.05) is 30.2 Å². The van der Waals surface area contributed by atoms with Gasteiger partial charge in [-0.2, -0.15) is 0 Å². The van der Waals surface area contributed by atoms with Gasteiger partial charge in [-0.15, -0.1) is 11.3 Å². The number of nitrogens with one attached hydrogen (secondary N) is 1. The van der Waals surface area contributed by atoms with E-state index in [4.69, 9.17) is 4.98 Å². The maximum atomic E-state index is 4.72. The number of hydrogen-bond acceptors (Lipinski definition) is 5. The van der Waals surface area contributed by atoms with Crippen LogP contribution in [0.5, 0.6) is 0 Å². The van der Waals surface area contributed by atoms with E-state index in [9.17, 15) is 0 Å². The summed E-state index contributed by atoms with van der Waals surface area (Å²) in [6.45, 7) is 10.2. The molecule has 2 heterocycles. The van der Waals surface area contributed by atoms with Crippen molar-refractivity contribution in [2.24, 2.45) is 0 Å². The van der Waals surface area contributed by atoms with Crippen molar-refractivity contribution in [2.75, 3.05) is 11.9 Å². The van der Waals surface area contributed by atoms with E-state index in [0.29, 0.717) is 0 Å². The van der Waals surface area contributed by atoms with Crippen molar-refractivity contribution in [3.05, 3.63) is 40.0 Å². The SMILES string of the molecule is Cc1nc(N(C)Cc2cscn2)ccc1CNC(C)(C)C. The van der Waals surface area contributed by atoms with Gasteiger partial charge in [-0.1, -0.05) is 6.07 Å². The van der Waals surface area contributed by atoms with Crippen LogP contribution in [-0.4, -0.2) is 22.6 Å². The third-order valence-electron chi connectivity index (χ3n) is 3.26. The Kier molecular flexibility index (Phi) is 4.96. The maximum Gasteiger partial charge on any atom is 0.128 e. The van der Waals surface area contributed by atoms with Crippen molar-refractivity contribution < 1.29 is 0 Å². The fraction of sp³-hybridized carbons (Fsp3) is 0.500. The van der Waals surface area contributed by atoms with Crippen LogP contribution in [0.1, 0.15) is 37.7 Å². The van der Waals surface area contributed by atoms with Gasteiger partial charge >= 0.3 is 0 Å². The molecule has 0 spiro atoms. The molecule has 0 unspecified atom stereocenters. The molecule has 2 rings (SSSR count). The van der Waals surface area contributed by atoms with Crippen LogP contribution in [0.3, 0.4) is 0 Å². The quantitative estimate of drug-likeness (QED) is 0.919. The number of anilines is 1. The lowest BCUT2D eigenvalue weighted by atomic mass is 10.1. The molecule has 0 bridgehead atoms. The Bertz CT molecular complexity index is 572. The predicted octanol–water partition coefficient (Wildman–Crippen LogP) is 3.37. The van der Waals surface area contributed by atoms with Crippen molar-refractivity contribution in [3.8, 4) is 0 Å². The number of hydrogen-bond donors (Lipinski definition) is 1. The molecule has 0 aliphatic rings. The van der Waals surface area contributed by atoms with E-state index in [-0.39, 0.29) is 5.54 Å². The number of thiazole rings is 1. The molecule has 2 aromatic heterocycles. The Balaban J connectivity index is 2.04. The topological polar surface area (TPSA) is 41.1 Å². The van der Waals surface area contributed by atoms with Crippen LogP contribution in [0.15, 0.2) is 23.0 Å². The first-order valence-corrected chi connectivity index (χ1v) is 8.09. The van der Waals surface area contributed by atoms with E-state index >= 15 is 0 Å². The minimum Gasteiger partial charge on any atom is -0.354 e. The average molecular weight is 304 g/mol. The van der Waals surface area contributed by atoms with Crippen LogP contribution >= 0.6 is 11.3 Å². The second kappa shape index (κ2) is 6.54. The molecule has 5 heteroatoms. The Labute approximate surface area is 131 Å². The Morgan fingerprint density at radius 2 is 2.05 bits per heavy atom. The van der Waals surface area contributed by atoms with Crippen LogP contribution in [0, 0.1) is 6.92 Å². The molecule has 0 saturated carbocycles. The smallest absolute Gasteiger partial charge is 0.128 e. The van der Waals surface area contributed by atoms with E-state index in [1.54, 1.807) is 11.3 Å². The van der Waals surface area contributed by atoms with E-state index in [0.717, 1.165) is 30.3 Å². The molecule has 0 aliphatic carbocycles. The molecule has 2 aromatic rings. The van der Waals surface area contributed by atoms with Crippen molar-refractivity contribution in [2.45, 2.75) is 46.3 Å². The van der Waals surface area contributed by atoms with Crippen molar-refractivity contribution in [3.63, 3.8) is 0 Å². The first kappa shape index (κ1) is 15.9. The summed E-state index contributed by atoms with van der Waals surface area (Å²) in [5.41, 5.74) is 5.39. The van der Waals surface area contributed by atoms with Crippen molar-refractivity contribution in [1.82, 2.24) is 15.3 Å². The van der Waals surface area contributed by atoms with Gasteiger partial charge in [0.15, 0.2) is 0 Å². The molecule has 0 radical (unpaired) electrons. The second-order valence-electron chi connectivity index (χ2n) is 6.35. The molecule has 21 heavy (non-hydrogen) atoms. The van der Waals surface area contributed by atoms with Crippen molar-refractivity contribution in [1.29, 1.82) is 0 Å². The Morgan fingerprint density at radius 3 is 2.62 bits per heavy atom. The molecule has 4 nitrogen and oxygen atoms in total. The zero-order chi connectivity index (χ0) is 15.5. The summed E-state index contributed by atoms with van der Waals surface area (Å²) < 4.78 is 0. The number of pyridine rings is 1. The number of aromatic nitrogens is 2. The highest BCUT2D eigenvalue weighted by atomic mass is 32.1. The van der Waals surface area contributed by atoms with Crippen LogP contribution < -0.4 is 10.2 Å². The first-order valence-electron chi connectivity index (χ1n) is 7.15. The van der Waals surface area contributed by atoms with Gasteiger partial charge in [0.05, 0.1) is 17.7 Å².